The first kappa shape index (κ1) is 12.0. The second kappa shape index (κ2) is 5.23. The van der Waals surface area contributed by atoms with Crippen molar-refractivity contribution in [3.63, 3.8) is 0 Å². The lowest BCUT2D eigenvalue weighted by Crippen LogP contribution is -2.44. The van der Waals surface area contributed by atoms with E-state index in [-0.39, 0.29) is 0 Å². The second-order valence-electron chi connectivity index (χ2n) is 4.11. The average Bonchev–Trinajstić information content (AvgIpc) is 2.33. The molecule has 17 heavy (non-hydrogen) atoms. The summed E-state index contributed by atoms with van der Waals surface area (Å²) in [5.74, 6) is 1.42. The lowest BCUT2D eigenvalue weighted by atomic mass is 10.2. The second-order valence-corrected chi connectivity index (χ2v) is 4.11. The molecular formula is C12H19N3O2. The minimum atomic E-state index is 0.328. The van der Waals surface area contributed by atoms with Crippen molar-refractivity contribution in [1.29, 1.82) is 0 Å². The Morgan fingerprint density at radius 3 is 3.12 bits per heavy atom. The molecule has 1 atom stereocenters. The van der Waals surface area contributed by atoms with Crippen LogP contribution in [0.4, 0.5) is 11.5 Å². The zero-order valence-electron chi connectivity index (χ0n) is 10.3. The Hall–Kier alpha value is -1.49. The number of hydrogen-bond acceptors (Lipinski definition) is 5. The van der Waals surface area contributed by atoms with Gasteiger partial charge in [-0.05, 0) is 26.0 Å². The highest BCUT2D eigenvalue weighted by molar-refractivity contribution is 5.55. The quantitative estimate of drug-likeness (QED) is 0.858. The van der Waals surface area contributed by atoms with E-state index in [0.29, 0.717) is 24.2 Å². The number of ether oxygens (including phenoxy) is 2. The number of pyridine rings is 1. The molecule has 1 aromatic rings. The van der Waals surface area contributed by atoms with Crippen molar-refractivity contribution in [2.24, 2.45) is 0 Å². The molecule has 0 radical (unpaired) electrons. The molecule has 1 saturated heterocycles. The van der Waals surface area contributed by atoms with Gasteiger partial charge < -0.3 is 20.1 Å². The predicted molar refractivity (Wildman–Crippen MR) is 67.4 cm³/mol. The molecule has 0 amide bonds. The van der Waals surface area contributed by atoms with Gasteiger partial charge in [-0.1, -0.05) is 0 Å². The molecule has 1 aliphatic heterocycles. The number of nitrogen functional groups attached to an aromatic ring is 1. The molecule has 0 aliphatic carbocycles. The smallest absolute Gasteiger partial charge is 0.239 e. The number of morpholine rings is 1. The molecule has 0 bridgehead atoms. The van der Waals surface area contributed by atoms with Gasteiger partial charge in [0, 0.05) is 6.54 Å². The Balaban J connectivity index is 2.22. The van der Waals surface area contributed by atoms with Crippen molar-refractivity contribution in [3.05, 3.63) is 12.1 Å². The van der Waals surface area contributed by atoms with Crippen LogP contribution in [0.3, 0.4) is 0 Å². The number of nitrogens with two attached hydrogens (primary N) is 1. The van der Waals surface area contributed by atoms with E-state index >= 15 is 0 Å². The predicted octanol–water partition coefficient (Wildman–Crippen LogP) is 1.29. The summed E-state index contributed by atoms with van der Waals surface area (Å²) >= 11 is 0. The SMILES string of the molecule is CCOc1nc(N2CCOCC2C)ccc1N. The molecule has 0 aromatic carbocycles. The maximum absolute atomic E-state index is 5.81. The summed E-state index contributed by atoms with van der Waals surface area (Å²) in [4.78, 5) is 6.67. The molecule has 1 aliphatic rings. The number of nitrogens with zero attached hydrogens (tertiary/aromatic N) is 2. The van der Waals surface area contributed by atoms with E-state index in [9.17, 15) is 0 Å². The van der Waals surface area contributed by atoms with Gasteiger partial charge in [0.05, 0.1) is 31.5 Å². The number of hydrogen-bond donors (Lipinski definition) is 1. The first-order valence-electron chi connectivity index (χ1n) is 5.96. The van der Waals surface area contributed by atoms with Gasteiger partial charge in [-0.3, -0.25) is 0 Å². The van der Waals surface area contributed by atoms with Gasteiger partial charge in [-0.2, -0.15) is 4.98 Å². The first-order valence-corrected chi connectivity index (χ1v) is 5.96. The van der Waals surface area contributed by atoms with Crippen LogP contribution in [0.15, 0.2) is 12.1 Å². The van der Waals surface area contributed by atoms with Crippen molar-refractivity contribution < 1.29 is 9.47 Å². The number of rotatable bonds is 3. The van der Waals surface area contributed by atoms with E-state index in [2.05, 4.69) is 16.8 Å². The summed E-state index contributed by atoms with van der Waals surface area (Å²) < 4.78 is 10.8. The van der Waals surface area contributed by atoms with Gasteiger partial charge in [-0.15, -0.1) is 0 Å². The van der Waals surface area contributed by atoms with Crippen molar-refractivity contribution in [2.45, 2.75) is 19.9 Å². The van der Waals surface area contributed by atoms with Crippen LogP contribution >= 0.6 is 0 Å². The van der Waals surface area contributed by atoms with Crippen LogP contribution in [0.5, 0.6) is 5.88 Å². The zero-order chi connectivity index (χ0) is 12.3. The lowest BCUT2D eigenvalue weighted by molar-refractivity contribution is 0.0984. The van der Waals surface area contributed by atoms with E-state index < -0.39 is 0 Å². The van der Waals surface area contributed by atoms with Crippen LogP contribution in [0.2, 0.25) is 0 Å². The van der Waals surface area contributed by atoms with Crippen LogP contribution in [0.25, 0.3) is 0 Å². The number of aromatic nitrogens is 1. The van der Waals surface area contributed by atoms with Crippen LogP contribution in [-0.2, 0) is 4.74 Å². The molecule has 1 aromatic heterocycles. The molecular weight excluding hydrogens is 218 g/mol. The standard InChI is InChI=1S/C12H19N3O2/c1-3-17-12-10(13)4-5-11(14-12)15-6-7-16-8-9(15)2/h4-5,9H,3,6-8,13H2,1-2H3. The molecule has 1 unspecified atom stereocenters. The van der Waals surface area contributed by atoms with E-state index in [0.717, 1.165) is 25.6 Å². The molecule has 2 N–H and O–H groups in total. The average molecular weight is 237 g/mol. The van der Waals surface area contributed by atoms with Gasteiger partial charge in [0.2, 0.25) is 5.88 Å². The highest BCUT2D eigenvalue weighted by atomic mass is 16.5. The van der Waals surface area contributed by atoms with Gasteiger partial charge in [-0.25, -0.2) is 0 Å². The molecule has 5 heteroatoms. The lowest BCUT2D eigenvalue weighted by Gasteiger charge is -2.34. The summed E-state index contributed by atoms with van der Waals surface area (Å²) in [7, 11) is 0. The first-order chi connectivity index (χ1) is 8.22. The third-order valence-electron chi connectivity index (χ3n) is 2.82. The van der Waals surface area contributed by atoms with Crippen LogP contribution in [0.1, 0.15) is 13.8 Å². The fourth-order valence-corrected chi connectivity index (χ4v) is 1.92. The number of anilines is 2. The molecule has 5 nitrogen and oxygen atoms in total. The third kappa shape index (κ3) is 2.61. The summed E-state index contributed by atoms with van der Waals surface area (Å²) in [5, 5.41) is 0. The molecule has 94 valence electrons. The zero-order valence-corrected chi connectivity index (χ0v) is 10.3. The Bertz CT molecular complexity index is 384. The summed E-state index contributed by atoms with van der Waals surface area (Å²) in [6, 6.07) is 4.10. The topological polar surface area (TPSA) is 60.6 Å². The van der Waals surface area contributed by atoms with Crippen LogP contribution in [-0.4, -0.2) is 37.4 Å². The largest absolute Gasteiger partial charge is 0.476 e. The molecule has 0 spiro atoms. The van der Waals surface area contributed by atoms with Gasteiger partial charge in [0.1, 0.15) is 5.82 Å². The van der Waals surface area contributed by atoms with Crippen molar-refractivity contribution in [2.75, 3.05) is 37.0 Å². The van der Waals surface area contributed by atoms with Crippen LogP contribution < -0.4 is 15.4 Å². The fraction of sp³-hybridized carbons (Fsp3) is 0.583. The highest BCUT2D eigenvalue weighted by Crippen LogP contribution is 2.25. The van der Waals surface area contributed by atoms with Gasteiger partial charge in [0.25, 0.3) is 0 Å². The van der Waals surface area contributed by atoms with Crippen molar-refractivity contribution >= 4 is 11.5 Å². The monoisotopic (exact) mass is 237 g/mol. The van der Waals surface area contributed by atoms with Crippen molar-refractivity contribution in [1.82, 2.24) is 4.98 Å². The third-order valence-corrected chi connectivity index (χ3v) is 2.82. The summed E-state index contributed by atoms with van der Waals surface area (Å²) in [6.07, 6.45) is 0. The summed E-state index contributed by atoms with van der Waals surface area (Å²) in [6.45, 7) is 6.93. The van der Waals surface area contributed by atoms with Crippen molar-refractivity contribution in [3.8, 4) is 5.88 Å². The maximum Gasteiger partial charge on any atom is 0.239 e. The van der Waals surface area contributed by atoms with Crippen LogP contribution in [0, 0.1) is 0 Å². The Kier molecular flexibility index (Phi) is 3.68. The van der Waals surface area contributed by atoms with E-state index in [1.165, 1.54) is 0 Å². The Labute approximate surface area is 102 Å². The Morgan fingerprint density at radius 1 is 1.59 bits per heavy atom. The summed E-state index contributed by atoms with van der Waals surface area (Å²) in [5.41, 5.74) is 6.39. The van der Waals surface area contributed by atoms with E-state index in [4.69, 9.17) is 15.2 Å². The van der Waals surface area contributed by atoms with Gasteiger partial charge in [0.15, 0.2) is 0 Å². The van der Waals surface area contributed by atoms with E-state index in [1.54, 1.807) is 0 Å². The maximum atomic E-state index is 5.81. The molecule has 2 rings (SSSR count). The highest BCUT2D eigenvalue weighted by Gasteiger charge is 2.20. The van der Waals surface area contributed by atoms with Gasteiger partial charge >= 0.3 is 0 Å². The minimum absolute atomic E-state index is 0.328. The van der Waals surface area contributed by atoms with E-state index in [1.807, 2.05) is 19.1 Å². The Morgan fingerprint density at radius 2 is 2.41 bits per heavy atom. The normalized spacial score (nSPS) is 20.4. The fourth-order valence-electron chi connectivity index (χ4n) is 1.92. The molecule has 0 saturated carbocycles. The minimum Gasteiger partial charge on any atom is -0.476 e. The molecule has 1 fully saturated rings. The molecule has 2 heterocycles.